The molecule has 0 saturated carbocycles. The van der Waals surface area contributed by atoms with E-state index >= 15 is 0 Å². The largest absolute Gasteiger partial charge is 0.482 e. The van der Waals surface area contributed by atoms with Crippen LogP contribution in [0.1, 0.15) is 22.8 Å². The molecule has 0 bridgehead atoms. The Balaban J connectivity index is 1.94. The predicted octanol–water partition coefficient (Wildman–Crippen LogP) is 4.18. The molecule has 0 aromatic heterocycles. The highest BCUT2D eigenvalue weighted by atomic mass is 35.5. The van der Waals surface area contributed by atoms with Gasteiger partial charge in [0.05, 0.1) is 6.61 Å². The lowest BCUT2D eigenvalue weighted by molar-refractivity contribution is -0.145. The molecule has 0 fully saturated rings. The highest BCUT2D eigenvalue weighted by molar-refractivity contribution is 6.30. The molecule has 2 rings (SSSR count). The fourth-order valence-corrected chi connectivity index (χ4v) is 2.14. The second-order valence-electron chi connectivity index (χ2n) is 4.87. The van der Waals surface area contributed by atoms with E-state index < -0.39 is 5.97 Å². The van der Waals surface area contributed by atoms with Gasteiger partial charge in [0, 0.05) is 10.6 Å². The van der Waals surface area contributed by atoms with Gasteiger partial charge in [-0.05, 0) is 55.0 Å². The van der Waals surface area contributed by atoms with Crippen molar-refractivity contribution in [3.8, 4) is 5.75 Å². The number of halogens is 1. The monoisotopic (exact) mass is 344 g/mol. The smallest absolute Gasteiger partial charge is 0.344 e. The van der Waals surface area contributed by atoms with Crippen molar-refractivity contribution < 1.29 is 19.1 Å². The topological polar surface area (TPSA) is 52.6 Å². The molecule has 0 radical (unpaired) electrons. The van der Waals surface area contributed by atoms with Crippen molar-refractivity contribution in [1.29, 1.82) is 0 Å². The zero-order chi connectivity index (χ0) is 17.4. The first-order valence-corrected chi connectivity index (χ1v) is 7.82. The Labute approximate surface area is 145 Å². The maximum absolute atomic E-state index is 12.1. The van der Waals surface area contributed by atoms with Crippen molar-refractivity contribution >= 4 is 29.4 Å². The van der Waals surface area contributed by atoms with Gasteiger partial charge in [0.1, 0.15) is 5.75 Å². The molecule has 5 heteroatoms. The van der Waals surface area contributed by atoms with E-state index in [0.717, 1.165) is 5.56 Å². The van der Waals surface area contributed by atoms with E-state index in [1.54, 1.807) is 49.4 Å². The summed E-state index contributed by atoms with van der Waals surface area (Å²) in [6, 6.07) is 13.8. The van der Waals surface area contributed by atoms with Crippen molar-refractivity contribution in [2.24, 2.45) is 0 Å². The van der Waals surface area contributed by atoms with Crippen molar-refractivity contribution in [1.82, 2.24) is 0 Å². The van der Waals surface area contributed by atoms with Crippen LogP contribution in [-0.2, 0) is 9.53 Å². The van der Waals surface area contributed by atoms with Gasteiger partial charge in [0.2, 0.25) is 0 Å². The number of allylic oxidation sites excluding steroid dienone is 1. The minimum Gasteiger partial charge on any atom is -0.482 e. The molecule has 0 N–H and O–H groups in total. The minimum atomic E-state index is -0.429. The number of benzene rings is 2. The van der Waals surface area contributed by atoms with E-state index in [1.807, 2.05) is 12.1 Å². The van der Waals surface area contributed by atoms with E-state index in [4.69, 9.17) is 21.1 Å². The molecule has 0 aliphatic heterocycles. The summed E-state index contributed by atoms with van der Waals surface area (Å²) in [5.74, 6) is -0.0625. The first kappa shape index (κ1) is 17.8. The van der Waals surface area contributed by atoms with Gasteiger partial charge in [-0.25, -0.2) is 4.79 Å². The van der Waals surface area contributed by atoms with Crippen LogP contribution in [0.15, 0.2) is 54.6 Å². The summed E-state index contributed by atoms with van der Waals surface area (Å²) >= 11 is 5.90. The molecule has 0 heterocycles. The number of ketones is 1. The summed E-state index contributed by atoms with van der Waals surface area (Å²) in [5, 5.41) is 0.618. The third-order valence-corrected chi connectivity index (χ3v) is 3.31. The number of hydrogen-bond acceptors (Lipinski definition) is 4. The van der Waals surface area contributed by atoms with Crippen LogP contribution in [0.2, 0.25) is 5.02 Å². The zero-order valence-electron chi connectivity index (χ0n) is 13.2. The Morgan fingerprint density at radius 3 is 2.54 bits per heavy atom. The maximum atomic E-state index is 12.1. The fraction of sp³-hybridized carbons (Fsp3) is 0.158. The third-order valence-electron chi connectivity index (χ3n) is 3.08. The van der Waals surface area contributed by atoms with Crippen LogP contribution in [0.5, 0.6) is 5.75 Å². The predicted molar refractivity (Wildman–Crippen MR) is 93.4 cm³/mol. The number of carbonyl (C=O) groups is 2. The first-order chi connectivity index (χ1) is 11.6. The minimum absolute atomic E-state index is 0.132. The normalized spacial score (nSPS) is 10.6. The molecule has 2 aromatic rings. The summed E-state index contributed by atoms with van der Waals surface area (Å²) in [4.78, 5) is 23.3. The van der Waals surface area contributed by atoms with Crippen molar-refractivity contribution in [3.63, 3.8) is 0 Å². The summed E-state index contributed by atoms with van der Waals surface area (Å²) in [6.45, 7) is 1.89. The molecule has 0 atom stereocenters. The van der Waals surface area contributed by atoms with Gasteiger partial charge in [-0.1, -0.05) is 29.8 Å². The number of ether oxygens (including phenoxy) is 2. The fourth-order valence-electron chi connectivity index (χ4n) is 1.94. The second-order valence-corrected chi connectivity index (χ2v) is 5.31. The Kier molecular flexibility index (Phi) is 6.58. The van der Waals surface area contributed by atoms with Gasteiger partial charge in [0.25, 0.3) is 0 Å². The molecule has 0 aliphatic carbocycles. The first-order valence-electron chi connectivity index (χ1n) is 7.45. The number of hydrogen-bond donors (Lipinski definition) is 0. The van der Waals surface area contributed by atoms with Gasteiger partial charge >= 0.3 is 5.97 Å². The average Bonchev–Trinajstić information content (AvgIpc) is 2.59. The van der Waals surface area contributed by atoms with Crippen molar-refractivity contribution in [3.05, 3.63) is 70.8 Å². The van der Waals surface area contributed by atoms with Gasteiger partial charge in [-0.15, -0.1) is 0 Å². The SMILES string of the molecule is CCOC(=O)COc1ccc(C(=O)/C=C/c2cccc(Cl)c2)cc1. The molecule has 24 heavy (non-hydrogen) atoms. The summed E-state index contributed by atoms with van der Waals surface area (Å²) in [5.41, 5.74) is 1.38. The highest BCUT2D eigenvalue weighted by Crippen LogP contribution is 2.15. The van der Waals surface area contributed by atoms with Crippen molar-refractivity contribution in [2.75, 3.05) is 13.2 Å². The Hall–Kier alpha value is -2.59. The Morgan fingerprint density at radius 1 is 1.12 bits per heavy atom. The van der Waals surface area contributed by atoms with Crippen LogP contribution in [0.4, 0.5) is 0 Å². The number of esters is 1. The lowest BCUT2D eigenvalue weighted by atomic mass is 10.1. The van der Waals surface area contributed by atoms with Crippen LogP contribution < -0.4 is 4.74 Å². The van der Waals surface area contributed by atoms with Crippen LogP contribution in [0.25, 0.3) is 6.08 Å². The molecule has 0 unspecified atom stereocenters. The molecule has 2 aromatic carbocycles. The lowest BCUT2D eigenvalue weighted by Gasteiger charge is -2.06. The molecule has 0 spiro atoms. The van der Waals surface area contributed by atoms with Crippen molar-refractivity contribution in [2.45, 2.75) is 6.92 Å². The molecule has 0 amide bonds. The highest BCUT2D eigenvalue weighted by Gasteiger charge is 2.05. The summed E-state index contributed by atoms with van der Waals surface area (Å²) < 4.78 is 10.1. The van der Waals surface area contributed by atoms with E-state index in [-0.39, 0.29) is 12.4 Å². The van der Waals surface area contributed by atoms with Crippen LogP contribution >= 0.6 is 11.6 Å². The summed E-state index contributed by atoms with van der Waals surface area (Å²) in [6.07, 6.45) is 3.19. The molecular formula is C19H17ClO4. The number of rotatable bonds is 7. The third kappa shape index (κ3) is 5.56. The Morgan fingerprint density at radius 2 is 1.88 bits per heavy atom. The van der Waals surface area contributed by atoms with E-state index in [2.05, 4.69) is 0 Å². The second kappa shape index (κ2) is 8.89. The standard InChI is InChI=1S/C19H17ClO4/c1-2-23-19(22)13-24-17-9-7-15(8-10-17)18(21)11-6-14-4-3-5-16(20)12-14/h3-12H,2,13H2,1H3/b11-6+. The molecule has 124 valence electrons. The molecule has 0 aliphatic rings. The molecule has 4 nitrogen and oxygen atoms in total. The average molecular weight is 345 g/mol. The van der Waals surface area contributed by atoms with Gasteiger partial charge in [0.15, 0.2) is 12.4 Å². The van der Waals surface area contributed by atoms with Crippen LogP contribution in [-0.4, -0.2) is 25.0 Å². The number of carbonyl (C=O) groups excluding carboxylic acids is 2. The summed E-state index contributed by atoms with van der Waals surface area (Å²) in [7, 11) is 0. The molecule has 0 saturated heterocycles. The van der Waals surface area contributed by atoms with Crippen LogP contribution in [0.3, 0.4) is 0 Å². The Bertz CT molecular complexity index is 735. The van der Waals surface area contributed by atoms with Gasteiger partial charge in [-0.3, -0.25) is 4.79 Å². The van der Waals surface area contributed by atoms with Crippen LogP contribution in [0, 0.1) is 0 Å². The van der Waals surface area contributed by atoms with E-state index in [1.165, 1.54) is 6.08 Å². The van der Waals surface area contributed by atoms with E-state index in [9.17, 15) is 9.59 Å². The lowest BCUT2D eigenvalue weighted by Crippen LogP contribution is -2.14. The quantitative estimate of drug-likeness (QED) is 0.429. The van der Waals surface area contributed by atoms with Gasteiger partial charge in [-0.2, -0.15) is 0 Å². The van der Waals surface area contributed by atoms with Gasteiger partial charge < -0.3 is 9.47 Å². The molecular weight excluding hydrogens is 328 g/mol. The maximum Gasteiger partial charge on any atom is 0.344 e. The van der Waals surface area contributed by atoms with E-state index in [0.29, 0.717) is 22.9 Å². The zero-order valence-corrected chi connectivity index (χ0v) is 14.0.